The van der Waals surface area contributed by atoms with E-state index < -0.39 is 17.3 Å². The molecule has 0 bridgehead atoms. The van der Waals surface area contributed by atoms with E-state index in [1.54, 1.807) is 42.5 Å². The van der Waals surface area contributed by atoms with Crippen LogP contribution in [-0.2, 0) is 14.3 Å². The van der Waals surface area contributed by atoms with Crippen LogP contribution in [-0.4, -0.2) is 16.9 Å². The SMILES string of the molecule is O=C(O)C1=C(Nc2ccccc2)O/C(=C\c2cccc(Cl)c2Cl)C1=O. The summed E-state index contributed by atoms with van der Waals surface area (Å²) in [5, 5.41) is 12.7. The second-order valence-electron chi connectivity index (χ2n) is 5.08. The molecule has 3 rings (SSSR count). The van der Waals surface area contributed by atoms with E-state index in [0.29, 0.717) is 16.3 Å². The van der Waals surface area contributed by atoms with Crippen LogP contribution in [0.1, 0.15) is 5.56 Å². The third kappa shape index (κ3) is 3.52. The molecule has 0 atom stereocenters. The van der Waals surface area contributed by atoms with Crippen LogP contribution in [0, 0.1) is 0 Å². The van der Waals surface area contributed by atoms with Gasteiger partial charge in [0.25, 0.3) is 0 Å². The summed E-state index contributed by atoms with van der Waals surface area (Å²) >= 11 is 12.0. The molecule has 0 saturated heterocycles. The highest BCUT2D eigenvalue weighted by Gasteiger charge is 2.36. The standard InChI is InChI=1S/C18H11Cl2NO4/c19-12-8-4-5-10(15(12)20)9-13-16(22)14(18(23)24)17(25-13)21-11-6-2-1-3-7-11/h1-9,21H,(H,23,24)/b13-9-. The lowest BCUT2D eigenvalue weighted by atomic mass is 10.1. The third-order valence-corrected chi connectivity index (χ3v) is 4.24. The van der Waals surface area contributed by atoms with Gasteiger partial charge in [0, 0.05) is 5.69 Å². The summed E-state index contributed by atoms with van der Waals surface area (Å²) in [5.74, 6) is -2.43. The van der Waals surface area contributed by atoms with Gasteiger partial charge in [-0.25, -0.2) is 4.79 Å². The van der Waals surface area contributed by atoms with E-state index >= 15 is 0 Å². The molecule has 0 radical (unpaired) electrons. The van der Waals surface area contributed by atoms with Crippen LogP contribution in [0.4, 0.5) is 5.69 Å². The van der Waals surface area contributed by atoms with Crippen LogP contribution in [0.2, 0.25) is 10.0 Å². The molecule has 1 aliphatic heterocycles. The molecule has 0 aliphatic carbocycles. The maximum absolute atomic E-state index is 12.4. The Morgan fingerprint density at radius 3 is 2.48 bits per heavy atom. The second-order valence-corrected chi connectivity index (χ2v) is 5.87. The number of anilines is 1. The number of carbonyl (C=O) groups excluding carboxylic acids is 1. The largest absolute Gasteiger partial charge is 0.477 e. The number of ketones is 1. The molecule has 1 aliphatic rings. The van der Waals surface area contributed by atoms with Crippen molar-refractivity contribution in [2.24, 2.45) is 0 Å². The first-order valence-electron chi connectivity index (χ1n) is 7.15. The Balaban J connectivity index is 1.96. The lowest BCUT2D eigenvalue weighted by molar-refractivity contribution is -0.134. The fourth-order valence-corrected chi connectivity index (χ4v) is 2.60. The van der Waals surface area contributed by atoms with E-state index in [1.165, 1.54) is 6.08 Å². The minimum atomic E-state index is -1.39. The molecule has 0 unspecified atom stereocenters. The van der Waals surface area contributed by atoms with Crippen molar-refractivity contribution in [2.45, 2.75) is 0 Å². The van der Waals surface area contributed by atoms with Crippen LogP contribution in [0.15, 0.2) is 65.7 Å². The normalized spacial score (nSPS) is 15.4. The van der Waals surface area contributed by atoms with Crippen molar-refractivity contribution in [2.75, 3.05) is 5.32 Å². The molecule has 2 aromatic carbocycles. The topological polar surface area (TPSA) is 75.6 Å². The number of ether oxygens (including phenoxy) is 1. The summed E-state index contributed by atoms with van der Waals surface area (Å²) in [5.41, 5.74) is 0.558. The van der Waals surface area contributed by atoms with Crippen molar-refractivity contribution < 1.29 is 19.4 Å². The summed E-state index contributed by atoms with van der Waals surface area (Å²) in [7, 11) is 0. The van der Waals surface area contributed by atoms with Gasteiger partial charge in [-0.3, -0.25) is 4.79 Å². The molecule has 5 nitrogen and oxygen atoms in total. The summed E-state index contributed by atoms with van der Waals surface area (Å²) in [4.78, 5) is 23.9. The Bertz CT molecular complexity index is 920. The van der Waals surface area contributed by atoms with Crippen molar-refractivity contribution in [1.29, 1.82) is 0 Å². The van der Waals surface area contributed by atoms with Gasteiger partial charge < -0.3 is 15.2 Å². The highest BCUT2D eigenvalue weighted by atomic mass is 35.5. The smallest absolute Gasteiger partial charge is 0.345 e. The van der Waals surface area contributed by atoms with E-state index in [4.69, 9.17) is 27.9 Å². The number of carboxylic acid groups (broad SMARTS) is 1. The fourth-order valence-electron chi connectivity index (χ4n) is 2.24. The maximum atomic E-state index is 12.4. The first kappa shape index (κ1) is 17.1. The van der Waals surface area contributed by atoms with Crippen molar-refractivity contribution >= 4 is 46.7 Å². The minimum Gasteiger partial charge on any atom is -0.477 e. The van der Waals surface area contributed by atoms with E-state index in [0.717, 1.165) is 0 Å². The highest BCUT2D eigenvalue weighted by molar-refractivity contribution is 6.43. The Morgan fingerprint density at radius 1 is 1.08 bits per heavy atom. The van der Waals surface area contributed by atoms with Crippen molar-refractivity contribution in [3.8, 4) is 0 Å². The summed E-state index contributed by atoms with van der Waals surface area (Å²) in [6, 6.07) is 13.7. The molecule has 0 amide bonds. The Labute approximate surface area is 153 Å². The number of rotatable bonds is 4. The van der Waals surface area contributed by atoms with Crippen LogP contribution < -0.4 is 5.32 Å². The van der Waals surface area contributed by atoms with E-state index in [2.05, 4.69) is 5.32 Å². The van der Waals surface area contributed by atoms with Gasteiger partial charge in [0.1, 0.15) is 0 Å². The number of aliphatic carboxylic acids is 1. The molecule has 1 heterocycles. The number of nitrogens with one attached hydrogen (secondary N) is 1. The van der Waals surface area contributed by atoms with Gasteiger partial charge in [-0.05, 0) is 29.8 Å². The molecule has 2 aromatic rings. The molecule has 126 valence electrons. The molecule has 25 heavy (non-hydrogen) atoms. The molecule has 7 heteroatoms. The van der Waals surface area contributed by atoms with Gasteiger partial charge in [0.2, 0.25) is 11.7 Å². The highest BCUT2D eigenvalue weighted by Crippen LogP contribution is 2.31. The van der Waals surface area contributed by atoms with Crippen molar-refractivity contribution in [3.05, 3.63) is 81.4 Å². The molecule has 0 aromatic heterocycles. The number of halogens is 2. The fraction of sp³-hybridized carbons (Fsp3) is 0. The van der Waals surface area contributed by atoms with Gasteiger partial charge in [-0.2, -0.15) is 0 Å². The number of hydrogen-bond acceptors (Lipinski definition) is 4. The molecular weight excluding hydrogens is 365 g/mol. The summed E-state index contributed by atoms with van der Waals surface area (Å²) in [6.07, 6.45) is 1.36. The predicted octanol–water partition coefficient (Wildman–Crippen LogP) is 4.34. The van der Waals surface area contributed by atoms with Gasteiger partial charge in [0.15, 0.2) is 11.3 Å². The second kappa shape index (κ2) is 7.01. The van der Waals surface area contributed by atoms with Gasteiger partial charge in [-0.1, -0.05) is 53.5 Å². The molecule has 0 fully saturated rings. The number of allylic oxidation sites excluding steroid dienone is 1. The van der Waals surface area contributed by atoms with Gasteiger partial charge >= 0.3 is 5.97 Å². The number of Topliss-reactive ketones (excluding diaryl/α,β-unsaturated/α-hetero) is 1. The number of carboxylic acids is 1. The first-order valence-corrected chi connectivity index (χ1v) is 7.91. The third-order valence-electron chi connectivity index (χ3n) is 3.40. The zero-order valence-corrected chi connectivity index (χ0v) is 14.1. The summed E-state index contributed by atoms with van der Waals surface area (Å²) < 4.78 is 5.45. The van der Waals surface area contributed by atoms with Crippen LogP contribution in [0.3, 0.4) is 0 Å². The molecule has 0 saturated carbocycles. The number of benzene rings is 2. The molecule has 0 spiro atoms. The van der Waals surface area contributed by atoms with Crippen LogP contribution in [0.25, 0.3) is 6.08 Å². The monoisotopic (exact) mass is 375 g/mol. The Hall–Kier alpha value is -2.76. The van der Waals surface area contributed by atoms with E-state index in [9.17, 15) is 14.7 Å². The van der Waals surface area contributed by atoms with Crippen molar-refractivity contribution in [3.63, 3.8) is 0 Å². The van der Waals surface area contributed by atoms with Crippen LogP contribution >= 0.6 is 23.2 Å². The summed E-state index contributed by atoms with van der Waals surface area (Å²) in [6.45, 7) is 0. The molecule has 2 N–H and O–H groups in total. The minimum absolute atomic E-state index is 0.145. The van der Waals surface area contributed by atoms with Crippen molar-refractivity contribution in [1.82, 2.24) is 0 Å². The van der Waals surface area contributed by atoms with Gasteiger partial charge in [0.05, 0.1) is 10.0 Å². The molecular formula is C18H11Cl2NO4. The average Bonchev–Trinajstić information content (AvgIpc) is 2.88. The maximum Gasteiger partial charge on any atom is 0.345 e. The number of carbonyl (C=O) groups is 2. The van der Waals surface area contributed by atoms with Crippen LogP contribution in [0.5, 0.6) is 0 Å². The quantitative estimate of drug-likeness (QED) is 0.613. The number of para-hydroxylation sites is 1. The predicted molar refractivity (Wildman–Crippen MR) is 95.3 cm³/mol. The average molecular weight is 376 g/mol. The number of hydrogen-bond donors (Lipinski definition) is 2. The Kier molecular flexibility index (Phi) is 4.79. The van der Waals surface area contributed by atoms with E-state index in [-0.39, 0.29) is 16.7 Å². The van der Waals surface area contributed by atoms with Gasteiger partial charge in [-0.15, -0.1) is 0 Å². The Morgan fingerprint density at radius 2 is 1.80 bits per heavy atom. The lowest BCUT2D eigenvalue weighted by Crippen LogP contribution is -2.12. The first-order chi connectivity index (χ1) is 12.0. The zero-order chi connectivity index (χ0) is 18.0. The lowest BCUT2D eigenvalue weighted by Gasteiger charge is -2.08. The van der Waals surface area contributed by atoms with E-state index in [1.807, 2.05) is 6.07 Å². The zero-order valence-electron chi connectivity index (χ0n) is 12.6.